The number of hydrogen-bond acceptors (Lipinski definition) is 5. The van der Waals surface area contributed by atoms with Crippen LogP contribution in [0, 0.1) is 5.92 Å². The van der Waals surface area contributed by atoms with Gasteiger partial charge in [0.25, 0.3) is 0 Å². The van der Waals surface area contributed by atoms with Crippen molar-refractivity contribution < 1.29 is 5.11 Å². The lowest BCUT2D eigenvalue weighted by molar-refractivity contribution is 0.178. The predicted molar refractivity (Wildman–Crippen MR) is 70.4 cm³/mol. The minimum atomic E-state index is 0.276. The van der Waals surface area contributed by atoms with Gasteiger partial charge < -0.3 is 10.4 Å². The fourth-order valence-electron chi connectivity index (χ4n) is 2.41. The highest BCUT2D eigenvalue weighted by Gasteiger charge is 2.25. The van der Waals surface area contributed by atoms with Gasteiger partial charge in [0.05, 0.1) is 0 Å². The van der Waals surface area contributed by atoms with Crippen LogP contribution in [0.2, 0.25) is 0 Å². The second-order valence-electron chi connectivity index (χ2n) is 4.74. The molecule has 1 aliphatic rings. The van der Waals surface area contributed by atoms with Gasteiger partial charge >= 0.3 is 0 Å². The molecule has 96 valence electrons. The fraction of sp³-hybridized carbons (Fsp3) is 0.833. The zero-order valence-electron chi connectivity index (χ0n) is 10.4. The van der Waals surface area contributed by atoms with Crippen LogP contribution in [0.25, 0.3) is 0 Å². The first-order chi connectivity index (χ1) is 8.33. The second kappa shape index (κ2) is 6.31. The number of rotatable bonds is 5. The van der Waals surface area contributed by atoms with E-state index in [-0.39, 0.29) is 6.61 Å². The van der Waals surface area contributed by atoms with Crippen LogP contribution in [-0.2, 0) is 6.42 Å². The van der Waals surface area contributed by atoms with Crippen molar-refractivity contribution in [1.82, 2.24) is 9.36 Å². The van der Waals surface area contributed by atoms with E-state index in [0.29, 0.717) is 12.0 Å². The maximum Gasteiger partial charge on any atom is 0.202 e. The second-order valence-corrected chi connectivity index (χ2v) is 5.50. The van der Waals surface area contributed by atoms with Gasteiger partial charge in [0.1, 0.15) is 5.82 Å². The van der Waals surface area contributed by atoms with E-state index in [0.717, 1.165) is 36.6 Å². The van der Waals surface area contributed by atoms with E-state index in [1.807, 2.05) is 0 Å². The van der Waals surface area contributed by atoms with Crippen molar-refractivity contribution in [2.75, 3.05) is 11.9 Å². The molecule has 17 heavy (non-hydrogen) atoms. The fourth-order valence-corrected chi connectivity index (χ4v) is 3.09. The Balaban J connectivity index is 1.93. The summed E-state index contributed by atoms with van der Waals surface area (Å²) in [6, 6.07) is 0.371. The molecule has 0 spiro atoms. The first-order valence-corrected chi connectivity index (χ1v) is 7.30. The number of nitrogens with zero attached hydrogens (tertiary/aromatic N) is 2. The Morgan fingerprint density at radius 1 is 1.41 bits per heavy atom. The highest BCUT2D eigenvalue weighted by molar-refractivity contribution is 7.09. The largest absolute Gasteiger partial charge is 0.396 e. The molecule has 0 aliphatic heterocycles. The van der Waals surface area contributed by atoms with Gasteiger partial charge in [-0.05, 0) is 19.3 Å². The number of aryl methyl sites for hydroxylation is 1. The average molecular weight is 255 g/mol. The topological polar surface area (TPSA) is 58.0 Å². The van der Waals surface area contributed by atoms with Crippen LogP contribution in [0.15, 0.2) is 0 Å². The normalized spacial score (nSPS) is 24.8. The molecule has 2 unspecified atom stereocenters. The Morgan fingerprint density at radius 2 is 2.24 bits per heavy atom. The van der Waals surface area contributed by atoms with Crippen molar-refractivity contribution in [1.29, 1.82) is 0 Å². The minimum absolute atomic E-state index is 0.276. The molecule has 2 rings (SSSR count). The van der Waals surface area contributed by atoms with Gasteiger partial charge in [0.2, 0.25) is 5.13 Å². The first-order valence-electron chi connectivity index (χ1n) is 6.53. The van der Waals surface area contributed by atoms with E-state index in [4.69, 9.17) is 0 Å². The van der Waals surface area contributed by atoms with E-state index in [1.54, 1.807) is 0 Å². The van der Waals surface area contributed by atoms with E-state index in [1.165, 1.54) is 24.4 Å². The number of anilines is 1. The molecular formula is C12H21N3OS. The molecule has 2 atom stereocenters. The van der Waals surface area contributed by atoms with Crippen LogP contribution in [0.4, 0.5) is 5.13 Å². The lowest BCUT2D eigenvalue weighted by atomic mass is 9.85. The third kappa shape index (κ3) is 3.39. The van der Waals surface area contributed by atoms with Crippen LogP contribution in [-0.4, -0.2) is 27.1 Å². The van der Waals surface area contributed by atoms with E-state index < -0.39 is 0 Å². The number of aliphatic hydroxyl groups is 1. The first kappa shape index (κ1) is 12.8. The van der Waals surface area contributed by atoms with Gasteiger partial charge in [0, 0.05) is 36.5 Å². The van der Waals surface area contributed by atoms with Crippen molar-refractivity contribution in [3.8, 4) is 0 Å². The molecule has 0 amide bonds. The molecule has 0 saturated heterocycles. The minimum Gasteiger partial charge on any atom is -0.396 e. The van der Waals surface area contributed by atoms with Gasteiger partial charge in [0.15, 0.2) is 0 Å². The van der Waals surface area contributed by atoms with Crippen LogP contribution in [0.1, 0.15) is 44.9 Å². The van der Waals surface area contributed by atoms with E-state index in [2.05, 4.69) is 21.6 Å². The Bertz CT molecular complexity index is 342. The van der Waals surface area contributed by atoms with Crippen molar-refractivity contribution in [2.24, 2.45) is 5.92 Å². The molecule has 1 aromatic rings. The maximum atomic E-state index is 9.36. The molecule has 4 nitrogen and oxygen atoms in total. The smallest absolute Gasteiger partial charge is 0.202 e. The maximum absolute atomic E-state index is 9.36. The lowest BCUT2D eigenvalue weighted by Gasteiger charge is -2.30. The quantitative estimate of drug-likeness (QED) is 0.848. The third-order valence-corrected chi connectivity index (χ3v) is 4.08. The molecule has 1 fully saturated rings. The summed E-state index contributed by atoms with van der Waals surface area (Å²) in [7, 11) is 0. The summed E-state index contributed by atoms with van der Waals surface area (Å²) < 4.78 is 4.33. The highest BCUT2D eigenvalue weighted by Crippen LogP contribution is 2.27. The van der Waals surface area contributed by atoms with E-state index in [9.17, 15) is 5.11 Å². The Hall–Kier alpha value is -0.680. The van der Waals surface area contributed by atoms with Crippen LogP contribution in [0.3, 0.4) is 0 Å². The summed E-state index contributed by atoms with van der Waals surface area (Å²) in [5, 5.41) is 13.7. The third-order valence-electron chi connectivity index (χ3n) is 3.39. The molecular weight excluding hydrogens is 234 g/mol. The molecule has 1 aliphatic carbocycles. The molecule has 1 aromatic heterocycles. The number of hydrogen-bond donors (Lipinski definition) is 2. The highest BCUT2D eigenvalue weighted by atomic mass is 32.1. The summed E-state index contributed by atoms with van der Waals surface area (Å²) in [4.78, 5) is 4.48. The average Bonchev–Trinajstić information content (AvgIpc) is 2.78. The van der Waals surface area contributed by atoms with Crippen molar-refractivity contribution >= 4 is 16.7 Å². The SMILES string of the molecule is CCCc1nsc(NC2CCCCC2CO)n1. The van der Waals surface area contributed by atoms with Crippen LogP contribution in [0.5, 0.6) is 0 Å². The molecule has 0 bridgehead atoms. The standard InChI is InChI=1S/C12H21N3OS/c1-2-5-11-14-12(17-15-11)13-10-7-4-3-6-9(10)8-16/h9-10,16H,2-8H2,1H3,(H,13,14,15). The number of nitrogens with one attached hydrogen (secondary N) is 1. The molecule has 5 heteroatoms. The van der Waals surface area contributed by atoms with Crippen molar-refractivity contribution in [3.05, 3.63) is 5.82 Å². The zero-order valence-corrected chi connectivity index (χ0v) is 11.2. The summed E-state index contributed by atoms with van der Waals surface area (Å²) in [5.74, 6) is 1.32. The predicted octanol–water partition coefficient (Wildman–Crippen LogP) is 2.45. The summed E-state index contributed by atoms with van der Waals surface area (Å²) in [6.07, 6.45) is 6.77. The lowest BCUT2D eigenvalue weighted by Crippen LogP contribution is -2.34. The Kier molecular flexibility index (Phi) is 4.74. The van der Waals surface area contributed by atoms with Crippen LogP contribution >= 0.6 is 11.5 Å². The number of aromatic nitrogens is 2. The molecule has 1 saturated carbocycles. The monoisotopic (exact) mass is 255 g/mol. The van der Waals surface area contributed by atoms with E-state index >= 15 is 0 Å². The summed E-state index contributed by atoms with van der Waals surface area (Å²) in [5.41, 5.74) is 0. The summed E-state index contributed by atoms with van der Waals surface area (Å²) >= 11 is 1.44. The van der Waals surface area contributed by atoms with Crippen molar-refractivity contribution in [3.63, 3.8) is 0 Å². The van der Waals surface area contributed by atoms with Crippen LogP contribution < -0.4 is 5.32 Å². The van der Waals surface area contributed by atoms with Crippen molar-refractivity contribution in [2.45, 2.75) is 51.5 Å². The molecule has 0 radical (unpaired) electrons. The molecule has 0 aromatic carbocycles. The van der Waals surface area contributed by atoms with Gasteiger partial charge in [-0.2, -0.15) is 4.37 Å². The Morgan fingerprint density at radius 3 is 3.00 bits per heavy atom. The zero-order chi connectivity index (χ0) is 12.1. The van der Waals surface area contributed by atoms with Gasteiger partial charge in [-0.1, -0.05) is 19.8 Å². The molecule has 2 N–H and O–H groups in total. The molecule has 1 heterocycles. The van der Waals surface area contributed by atoms with Gasteiger partial charge in [-0.3, -0.25) is 0 Å². The number of aliphatic hydroxyl groups excluding tert-OH is 1. The Labute approximate surface area is 107 Å². The summed E-state index contributed by atoms with van der Waals surface area (Å²) in [6.45, 7) is 2.41. The van der Waals surface area contributed by atoms with Gasteiger partial charge in [-0.25, -0.2) is 4.98 Å². The van der Waals surface area contributed by atoms with Gasteiger partial charge in [-0.15, -0.1) is 0 Å².